The number of rotatable bonds is 4. The Morgan fingerprint density at radius 1 is 1.14 bits per heavy atom. The van der Waals surface area contributed by atoms with Crippen molar-refractivity contribution in [1.29, 1.82) is 0 Å². The van der Waals surface area contributed by atoms with Crippen LogP contribution in [0, 0.1) is 11.7 Å². The van der Waals surface area contributed by atoms with Gasteiger partial charge >= 0.3 is 6.03 Å². The van der Waals surface area contributed by atoms with Crippen molar-refractivity contribution in [1.82, 2.24) is 4.90 Å². The first-order valence-electron chi connectivity index (χ1n) is 10.2. The quantitative estimate of drug-likeness (QED) is 0.788. The summed E-state index contributed by atoms with van der Waals surface area (Å²) >= 11 is 0. The summed E-state index contributed by atoms with van der Waals surface area (Å²) in [5, 5.41) is 12.8. The van der Waals surface area contributed by atoms with E-state index in [1.807, 2.05) is 38.1 Å². The lowest BCUT2D eigenvalue weighted by atomic mass is 10.0. The van der Waals surface area contributed by atoms with Crippen molar-refractivity contribution in [3.63, 3.8) is 0 Å². The topological polar surface area (TPSA) is 61.8 Å². The average molecular weight is 398 g/mol. The van der Waals surface area contributed by atoms with Gasteiger partial charge in [0.05, 0.1) is 23.9 Å². The van der Waals surface area contributed by atoms with Crippen LogP contribution in [0.4, 0.5) is 14.9 Å². The minimum absolute atomic E-state index is 0.0948. The second-order valence-electron chi connectivity index (χ2n) is 8.19. The van der Waals surface area contributed by atoms with Gasteiger partial charge in [-0.15, -0.1) is 0 Å². The van der Waals surface area contributed by atoms with E-state index in [0.717, 1.165) is 36.1 Å². The number of benzene rings is 2. The Kier molecular flexibility index (Phi) is 5.46. The van der Waals surface area contributed by atoms with Crippen molar-refractivity contribution in [2.24, 2.45) is 5.92 Å². The van der Waals surface area contributed by atoms with Gasteiger partial charge in [-0.1, -0.05) is 18.2 Å². The number of anilines is 1. The van der Waals surface area contributed by atoms with Gasteiger partial charge < -0.3 is 20.1 Å². The number of urea groups is 1. The maximum atomic E-state index is 14.7. The Balaban J connectivity index is 1.45. The van der Waals surface area contributed by atoms with E-state index < -0.39 is 11.9 Å². The highest BCUT2D eigenvalue weighted by Gasteiger charge is 2.45. The van der Waals surface area contributed by atoms with Crippen LogP contribution in [-0.2, 0) is 0 Å². The number of halogens is 1. The van der Waals surface area contributed by atoms with Crippen molar-refractivity contribution in [2.45, 2.75) is 51.4 Å². The number of carbonyl (C=O) groups is 1. The number of hydrogen-bond donors (Lipinski definition) is 2. The maximum Gasteiger partial charge on any atom is 0.322 e. The molecule has 3 atom stereocenters. The van der Waals surface area contributed by atoms with E-state index in [2.05, 4.69) is 5.32 Å². The van der Waals surface area contributed by atoms with Crippen molar-refractivity contribution >= 4 is 11.7 Å². The molecule has 2 fully saturated rings. The molecule has 154 valence electrons. The highest BCUT2D eigenvalue weighted by Crippen LogP contribution is 2.38. The number of aliphatic hydroxyl groups is 1. The summed E-state index contributed by atoms with van der Waals surface area (Å²) in [6.07, 6.45) is 2.18. The second-order valence-corrected chi connectivity index (χ2v) is 8.19. The molecule has 1 aliphatic carbocycles. The lowest BCUT2D eigenvalue weighted by molar-refractivity contribution is 0.101. The molecular weight excluding hydrogens is 371 g/mol. The number of hydrogen-bond acceptors (Lipinski definition) is 3. The smallest absolute Gasteiger partial charge is 0.322 e. The third kappa shape index (κ3) is 4.08. The number of aliphatic hydroxyl groups excluding tert-OH is 1. The summed E-state index contributed by atoms with van der Waals surface area (Å²) in [5.74, 6) is 0.637. The molecule has 29 heavy (non-hydrogen) atoms. The molecule has 6 heteroatoms. The first-order valence-corrected chi connectivity index (χ1v) is 10.2. The lowest BCUT2D eigenvalue weighted by Crippen LogP contribution is -2.44. The Morgan fingerprint density at radius 2 is 1.86 bits per heavy atom. The van der Waals surface area contributed by atoms with Crippen LogP contribution >= 0.6 is 0 Å². The number of amides is 2. The average Bonchev–Trinajstić information content (AvgIpc) is 3.27. The van der Waals surface area contributed by atoms with Crippen molar-refractivity contribution in [3.8, 4) is 16.9 Å². The zero-order valence-electron chi connectivity index (χ0n) is 16.8. The Labute approximate surface area is 170 Å². The molecule has 4 rings (SSSR count). The first-order chi connectivity index (χ1) is 13.9. The summed E-state index contributed by atoms with van der Waals surface area (Å²) in [6, 6.07) is 11.8. The normalized spacial score (nSPS) is 23.3. The fraction of sp³-hybridized carbons (Fsp3) is 0.435. The molecule has 2 aliphatic rings. The monoisotopic (exact) mass is 398 g/mol. The highest BCUT2D eigenvalue weighted by molar-refractivity contribution is 5.90. The van der Waals surface area contributed by atoms with Crippen LogP contribution in [0.1, 0.15) is 33.1 Å². The Hall–Kier alpha value is -2.60. The molecule has 0 radical (unpaired) electrons. The van der Waals surface area contributed by atoms with Crippen LogP contribution in [-0.4, -0.2) is 40.8 Å². The van der Waals surface area contributed by atoms with Crippen molar-refractivity contribution < 1.29 is 19.0 Å². The molecule has 5 nitrogen and oxygen atoms in total. The van der Waals surface area contributed by atoms with E-state index in [0.29, 0.717) is 12.5 Å². The van der Waals surface area contributed by atoms with Crippen molar-refractivity contribution in [3.05, 3.63) is 48.3 Å². The molecule has 0 aromatic heterocycles. The van der Waals surface area contributed by atoms with Gasteiger partial charge in [-0.2, -0.15) is 0 Å². The summed E-state index contributed by atoms with van der Waals surface area (Å²) in [5.41, 5.74) is 1.74. The molecule has 1 saturated carbocycles. The summed E-state index contributed by atoms with van der Waals surface area (Å²) in [4.78, 5) is 14.3. The van der Waals surface area contributed by atoms with Gasteiger partial charge in [0.25, 0.3) is 0 Å². The number of ether oxygens (including phenoxy) is 1. The van der Waals surface area contributed by atoms with Crippen LogP contribution in [0.5, 0.6) is 5.75 Å². The van der Waals surface area contributed by atoms with E-state index >= 15 is 0 Å². The number of nitrogens with one attached hydrogen (secondary N) is 1. The molecule has 2 N–H and O–H groups in total. The zero-order chi connectivity index (χ0) is 20.5. The van der Waals surface area contributed by atoms with E-state index in [1.165, 1.54) is 6.07 Å². The lowest BCUT2D eigenvalue weighted by Gasteiger charge is -2.27. The Morgan fingerprint density at radius 3 is 2.55 bits per heavy atom. The zero-order valence-corrected chi connectivity index (χ0v) is 16.8. The van der Waals surface area contributed by atoms with Gasteiger partial charge in [-0.25, -0.2) is 9.18 Å². The number of likely N-dealkylation sites (tertiary alicyclic amines) is 1. The molecule has 1 aliphatic heterocycles. The molecule has 1 saturated heterocycles. The third-order valence-electron chi connectivity index (χ3n) is 5.84. The molecule has 2 aromatic carbocycles. The van der Waals surface area contributed by atoms with Gasteiger partial charge in [-0.05, 0) is 74.4 Å². The fourth-order valence-corrected chi connectivity index (χ4v) is 4.49. The second kappa shape index (κ2) is 8.03. The minimum Gasteiger partial charge on any atom is -0.491 e. The molecule has 2 amide bonds. The molecule has 2 aromatic rings. The molecule has 0 unspecified atom stereocenters. The Bertz CT molecular complexity index is 884. The van der Waals surface area contributed by atoms with E-state index in [4.69, 9.17) is 4.74 Å². The van der Waals surface area contributed by atoms with Gasteiger partial charge in [0.1, 0.15) is 11.6 Å². The SMILES string of the molecule is CC(C)Oc1ccc(-c2ccc(NC(=O)N3CC[C@@H]4CC[C@@H](O)[C@@H]43)c(F)c2)cc1. The van der Waals surface area contributed by atoms with Crippen molar-refractivity contribution in [2.75, 3.05) is 11.9 Å². The highest BCUT2D eigenvalue weighted by atomic mass is 19.1. The standard InChI is InChI=1S/C23H27FN2O3/c1-14(2)29-18-7-3-15(4-8-18)17-5-9-20(19(24)13-17)25-23(28)26-12-11-16-6-10-21(27)22(16)26/h3-5,7-9,13-14,16,21-22,27H,6,10-12H2,1-2H3,(H,25,28)/t16-,21+,22+/m0/s1. The van der Waals surface area contributed by atoms with Gasteiger partial charge in [0.15, 0.2) is 0 Å². The first kappa shape index (κ1) is 19.7. The van der Waals surface area contributed by atoms with Gasteiger partial charge in [0.2, 0.25) is 0 Å². The van der Waals surface area contributed by atoms with Crippen LogP contribution < -0.4 is 10.1 Å². The predicted octanol–water partition coefficient (Wildman–Crippen LogP) is 4.66. The molecule has 1 heterocycles. The van der Waals surface area contributed by atoms with Gasteiger partial charge in [-0.3, -0.25) is 0 Å². The molecule has 0 spiro atoms. The summed E-state index contributed by atoms with van der Waals surface area (Å²) in [6.45, 7) is 4.53. The van der Waals surface area contributed by atoms with Gasteiger partial charge in [0, 0.05) is 6.54 Å². The van der Waals surface area contributed by atoms with E-state index in [-0.39, 0.29) is 23.9 Å². The third-order valence-corrected chi connectivity index (χ3v) is 5.84. The molecule has 0 bridgehead atoms. The number of carbonyl (C=O) groups excluding carboxylic acids is 1. The van der Waals surface area contributed by atoms with E-state index in [1.54, 1.807) is 17.0 Å². The number of fused-ring (bicyclic) bond motifs is 1. The fourth-order valence-electron chi connectivity index (χ4n) is 4.49. The number of nitrogens with zero attached hydrogens (tertiary/aromatic N) is 1. The van der Waals surface area contributed by atoms with Crippen LogP contribution in [0.15, 0.2) is 42.5 Å². The molecular formula is C23H27FN2O3. The maximum absolute atomic E-state index is 14.7. The summed E-state index contributed by atoms with van der Waals surface area (Å²) in [7, 11) is 0. The largest absolute Gasteiger partial charge is 0.491 e. The van der Waals surface area contributed by atoms with Crippen LogP contribution in [0.25, 0.3) is 11.1 Å². The van der Waals surface area contributed by atoms with E-state index in [9.17, 15) is 14.3 Å². The predicted molar refractivity (Wildman–Crippen MR) is 110 cm³/mol. The van der Waals surface area contributed by atoms with Crippen LogP contribution in [0.2, 0.25) is 0 Å². The minimum atomic E-state index is -0.485. The summed E-state index contributed by atoms with van der Waals surface area (Å²) < 4.78 is 20.3. The van der Waals surface area contributed by atoms with Crippen LogP contribution in [0.3, 0.4) is 0 Å².